The highest BCUT2D eigenvalue weighted by Crippen LogP contribution is 2.32. The van der Waals surface area contributed by atoms with E-state index in [9.17, 15) is 4.39 Å². The first-order valence-corrected chi connectivity index (χ1v) is 6.58. The maximum Gasteiger partial charge on any atom is 0.161 e. The molecular weight excluding hydrogens is 297 g/mol. The Labute approximate surface area is 116 Å². The van der Waals surface area contributed by atoms with Crippen molar-refractivity contribution in [1.29, 1.82) is 5.41 Å². The summed E-state index contributed by atoms with van der Waals surface area (Å²) in [5, 5.41) is 7.38. The summed E-state index contributed by atoms with van der Waals surface area (Å²) in [4.78, 5) is 1.90. The van der Waals surface area contributed by atoms with E-state index >= 15 is 0 Å². The van der Waals surface area contributed by atoms with Gasteiger partial charge < -0.3 is 10.6 Å². The Morgan fingerprint density at radius 1 is 1.50 bits per heavy atom. The molecule has 100 valence electrons. The molecule has 3 N–H and O–H groups in total. The van der Waals surface area contributed by atoms with Crippen LogP contribution in [0.4, 0.5) is 10.1 Å². The van der Waals surface area contributed by atoms with E-state index in [1.807, 2.05) is 11.9 Å². The second-order valence-electron chi connectivity index (χ2n) is 4.90. The largest absolute Gasteiger partial charge is 0.384 e. The van der Waals surface area contributed by atoms with Crippen molar-refractivity contribution in [3.8, 4) is 0 Å². The van der Waals surface area contributed by atoms with Gasteiger partial charge in [-0.15, -0.1) is 0 Å². The summed E-state index contributed by atoms with van der Waals surface area (Å²) in [6.07, 6.45) is 0.898. The number of hydrogen-bond donors (Lipinski definition) is 2. The van der Waals surface area contributed by atoms with Gasteiger partial charge in [-0.3, -0.25) is 5.41 Å². The van der Waals surface area contributed by atoms with Crippen LogP contribution in [0.25, 0.3) is 0 Å². The molecule has 1 aromatic rings. The quantitative estimate of drug-likeness (QED) is 0.660. The fraction of sp³-hybridized carbons (Fsp3) is 0.462. The van der Waals surface area contributed by atoms with Gasteiger partial charge in [-0.05, 0) is 48.3 Å². The van der Waals surface area contributed by atoms with Crippen LogP contribution in [0.5, 0.6) is 0 Å². The van der Waals surface area contributed by atoms with Gasteiger partial charge in [0.05, 0.1) is 10.2 Å². The van der Waals surface area contributed by atoms with E-state index in [0.29, 0.717) is 11.3 Å². The number of nitrogens with two attached hydrogens (primary N) is 1. The SMILES string of the molecule is CCC(C)(C)N(C)c1ccc(C(=N)N)c(Br)c1F. The van der Waals surface area contributed by atoms with Crippen LogP contribution in [0.2, 0.25) is 0 Å². The maximum atomic E-state index is 14.3. The summed E-state index contributed by atoms with van der Waals surface area (Å²) >= 11 is 3.17. The molecule has 0 amide bonds. The van der Waals surface area contributed by atoms with Crippen molar-refractivity contribution in [3.05, 3.63) is 28.0 Å². The molecule has 0 aliphatic carbocycles. The fourth-order valence-electron chi connectivity index (χ4n) is 1.57. The van der Waals surface area contributed by atoms with Crippen molar-refractivity contribution in [1.82, 2.24) is 0 Å². The zero-order valence-electron chi connectivity index (χ0n) is 11.1. The normalized spacial score (nSPS) is 11.4. The zero-order chi connectivity index (χ0) is 14.1. The van der Waals surface area contributed by atoms with E-state index in [4.69, 9.17) is 11.1 Å². The molecule has 1 aromatic carbocycles. The summed E-state index contributed by atoms with van der Waals surface area (Å²) in [6, 6.07) is 3.32. The van der Waals surface area contributed by atoms with Gasteiger partial charge >= 0.3 is 0 Å². The Kier molecular flexibility index (Phi) is 4.37. The molecule has 0 saturated heterocycles. The van der Waals surface area contributed by atoms with Crippen LogP contribution in [-0.2, 0) is 0 Å². The Morgan fingerprint density at radius 2 is 2.06 bits per heavy atom. The van der Waals surface area contributed by atoms with E-state index in [2.05, 4.69) is 36.7 Å². The first-order valence-electron chi connectivity index (χ1n) is 5.78. The average molecular weight is 316 g/mol. The number of hydrogen-bond acceptors (Lipinski definition) is 2. The van der Waals surface area contributed by atoms with Gasteiger partial charge in [0.1, 0.15) is 5.84 Å². The van der Waals surface area contributed by atoms with Crippen molar-refractivity contribution in [2.24, 2.45) is 5.73 Å². The van der Waals surface area contributed by atoms with Gasteiger partial charge in [-0.25, -0.2) is 4.39 Å². The summed E-state index contributed by atoms with van der Waals surface area (Å²) < 4.78 is 14.5. The Balaban J connectivity index is 3.29. The first kappa shape index (κ1) is 15.0. The van der Waals surface area contributed by atoms with Gasteiger partial charge in [0.25, 0.3) is 0 Å². The summed E-state index contributed by atoms with van der Waals surface area (Å²) in [6.45, 7) is 6.17. The molecule has 0 aliphatic heterocycles. The number of nitrogens with one attached hydrogen (secondary N) is 1. The van der Waals surface area contributed by atoms with Gasteiger partial charge in [0.2, 0.25) is 0 Å². The molecule has 0 bridgehead atoms. The third kappa shape index (κ3) is 2.66. The molecule has 0 heterocycles. The predicted octanol–water partition coefficient (Wildman–Crippen LogP) is 3.50. The summed E-state index contributed by atoms with van der Waals surface area (Å²) in [5.74, 6) is -0.531. The van der Waals surface area contributed by atoms with E-state index in [0.717, 1.165) is 6.42 Å². The van der Waals surface area contributed by atoms with Crippen molar-refractivity contribution in [2.45, 2.75) is 32.7 Å². The Bertz CT molecular complexity index is 472. The average Bonchev–Trinajstić information content (AvgIpc) is 2.31. The molecule has 18 heavy (non-hydrogen) atoms. The third-order valence-electron chi connectivity index (χ3n) is 3.49. The molecule has 0 aliphatic rings. The molecular formula is C13H19BrFN3. The number of amidine groups is 1. The van der Waals surface area contributed by atoms with Crippen molar-refractivity contribution in [3.63, 3.8) is 0 Å². The van der Waals surface area contributed by atoms with Gasteiger partial charge in [0, 0.05) is 18.2 Å². The highest BCUT2D eigenvalue weighted by Gasteiger charge is 2.25. The van der Waals surface area contributed by atoms with Crippen LogP contribution in [0.3, 0.4) is 0 Å². The Morgan fingerprint density at radius 3 is 2.50 bits per heavy atom. The van der Waals surface area contributed by atoms with Crippen LogP contribution >= 0.6 is 15.9 Å². The highest BCUT2D eigenvalue weighted by molar-refractivity contribution is 9.10. The standard InChI is InChI=1S/C13H19BrFN3/c1-5-13(2,3)18(4)9-7-6-8(12(16)17)10(14)11(9)15/h6-7H,5H2,1-4H3,(H3,16,17). The van der Waals surface area contributed by atoms with Crippen molar-refractivity contribution < 1.29 is 4.39 Å². The van der Waals surface area contributed by atoms with Crippen LogP contribution < -0.4 is 10.6 Å². The number of rotatable bonds is 4. The van der Waals surface area contributed by atoms with Gasteiger partial charge in [0.15, 0.2) is 5.82 Å². The van der Waals surface area contributed by atoms with Gasteiger partial charge in [-0.2, -0.15) is 0 Å². The molecule has 3 nitrogen and oxygen atoms in total. The highest BCUT2D eigenvalue weighted by atomic mass is 79.9. The minimum absolute atomic E-state index is 0.141. The molecule has 0 atom stereocenters. The molecule has 0 spiro atoms. The lowest BCUT2D eigenvalue weighted by molar-refractivity contribution is 0.462. The van der Waals surface area contributed by atoms with E-state index in [1.165, 1.54) is 0 Å². The topological polar surface area (TPSA) is 53.1 Å². The fourth-order valence-corrected chi connectivity index (χ4v) is 2.12. The van der Waals surface area contributed by atoms with E-state index in [1.54, 1.807) is 12.1 Å². The molecule has 0 radical (unpaired) electrons. The molecule has 0 aromatic heterocycles. The van der Waals surface area contributed by atoms with Crippen molar-refractivity contribution >= 4 is 27.5 Å². The van der Waals surface area contributed by atoms with Crippen LogP contribution in [0.1, 0.15) is 32.8 Å². The number of halogens is 2. The minimum atomic E-state index is -0.383. The second-order valence-corrected chi connectivity index (χ2v) is 5.69. The number of nitrogen functional groups attached to an aromatic ring is 1. The Hall–Kier alpha value is -1.10. The number of benzene rings is 1. The lowest BCUT2D eigenvalue weighted by Crippen LogP contribution is -2.41. The molecule has 5 heteroatoms. The predicted molar refractivity (Wildman–Crippen MR) is 77.9 cm³/mol. The maximum absolute atomic E-state index is 14.3. The zero-order valence-corrected chi connectivity index (χ0v) is 12.7. The molecule has 0 unspecified atom stereocenters. The number of anilines is 1. The summed E-state index contributed by atoms with van der Waals surface area (Å²) in [7, 11) is 1.86. The van der Waals surface area contributed by atoms with Gasteiger partial charge in [-0.1, -0.05) is 6.92 Å². The van der Waals surface area contributed by atoms with Crippen molar-refractivity contribution in [2.75, 3.05) is 11.9 Å². The van der Waals surface area contributed by atoms with Crippen LogP contribution in [0.15, 0.2) is 16.6 Å². The lowest BCUT2D eigenvalue weighted by Gasteiger charge is -2.37. The lowest BCUT2D eigenvalue weighted by atomic mass is 9.98. The first-order chi connectivity index (χ1) is 8.22. The monoisotopic (exact) mass is 315 g/mol. The van der Waals surface area contributed by atoms with Crippen LogP contribution in [0, 0.1) is 11.2 Å². The van der Waals surface area contributed by atoms with E-state index < -0.39 is 0 Å². The second kappa shape index (κ2) is 5.26. The smallest absolute Gasteiger partial charge is 0.161 e. The minimum Gasteiger partial charge on any atom is -0.384 e. The molecule has 0 fully saturated rings. The number of nitrogens with zero attached hydrogens (tertiary/aromatic N) is 1. The van der Waals surface area contributed by atoms with Crippen LogP contribution in [-0.4, -0.2) is 18.4 Å². The molecule has 0 saturated carbocycles. The van der Waals surface area contributed by atoms with E-state index in [-0.39, 0.29) is 21.7 Å². The molecule has 1 rings (SSSR count). The third-order valence-corrected chi connectivity index (χ3v) is 4.26. The summed E-state index contributed by atoms with van der Waals surface area (Å²) in [5.41, 5.74) is 6.13.